The third-order valence-corrected chi connectivity index (χ3v) is 3.08. The Labute approximate surface area is 117 Å². The lowest BCUT2D eigenvalue weighted by Crippen LogP contribution is -2.16. The van der Waals surface area contributed by atoms with Crippen LogP contribution >= 0.6 is 0 Å². The second kappa shape index (κ2) is 8.73. The summed E-state index contributed by atoms with van der Waals surface area (Å²) in [6.45, 7) is 9.34. The van der Waals surface area contributed by atoms with Crippen LogP contribution in [0.4, 0.5) is 11.6 Å². The van der Waals surface area contributed by atoms with Gasteiger partial charge in [0.1, 0.15) is 17.5 Å². The summed E-state index contributed by atoms with van der Waals surface area (Å²) in [5.74, 6) is 2.63. The SMILES string of the molecule is CCCCCCC(C)Nc1cc(NCC)nc(C)n1. The number of hydrogen-bond donors (Lipinski definition) is 2. The van der Waals surface area contributed by atoms with E-state index in [1.54, 1.807) is 0 Å². The van der Waals surface area contributed by atoms with Gasteiger partial charge in [-0.3, -0.25) is 0 Å². The van der Waals surface area contributed by atoms with Gasteiger partial charge in [-0.2, -0.15) is 0 Å². The molecule has 0 spiro atoms. The summed E-state index contributed by atoms with van der Waals surface area (Å²) < 4.78 is 0. The van der Waals surface area contributed by atoms with Crippen molar-refractivity contribution in [3.8, 4) is 0 Å². The van der Waals surface area contributed by atoms with E-state index < -0.39 is 0 Å². The molecule has 1 aromatic heterocycles. The number of rotatable bonds is 9. The largest absolute Gasteiger partial charge is 0.370 e. The van der Waals surface area contributed by atoms with E-state index in [2.05, 4.69) is 41.4 Å². The summed E-state index contributed by atoms with van der Waals surface area (Å²) in [5.41, 5.74) is 0. The number of aromatic nitrogens is 2. The van der Waals surface area contributed by atoms with E-state index >= 15 is 0 Å². The van der Waals surface area contributed by atoms with Crippen molar-refractivity contribution < 1.29 is 0 Å². The topological polar surface area (TPSA) is 49.8 Å². The van der Waals surface area contributed by atoms with Crippen molar-refractivity contribution in [2.24, 2.45) is 0 Å². The zero-order valence-electron chi connectivity index (χ0n) is 12.8. The molecule has 4 nitrogen and oxygen atoms in total. The zero-order chi connectivity index (χ0) is 14.1. The molecule has 108 valence electrons. The molecular weight excluding hydrogens is 236 g/mol. The fourth-order valence-electron chi connectivity index (χ4n) is 2.12. The highest BCUT2D eigenvalue weighted by Crippen LogP contribution is 2.14. The number of nitrogens with zero attached hydrogens (tertiary/aromatic N) is 2. The fraction of sp³-hybridized carbons (Fsp3) is 0.733. The van der Waals surface area contributed by atoms with Crippen LogP contribution in [0.25, 0.3) is 0 Å². The average molecular weight is 264 g/mol. The van der Waals surface area contributed by atoms with Crippen LogP contribution in [0.1, 0.15) is 58.7 Å². The predicted molar refractivity (Wildman–Crippen MR) is 82.8 cm³/mol. The molecule has 1 rings (SSSR count). The fourth-order valence-corrected chi connectivity index (χ4v) is 2.12. The molecule has 0 aliphatic rings. The molecule has 19 heavy (non-hydrogen) atoms. The van der Waals surface area contributed by atoms with E-state index in [0.29, 0.717) is 6.04 Å². The van der Waals surface area contributed by atoms with Crippen LogP contribution in [0.15, 0.2) is 6.07 Å². The standard InChI is InChI=1S/C15H28N4/c1-5-7-8-9-10-12(3)17-15-11-14(16-6-2)18-13(4)19-15/h11-12H,5-10H2,1-4H3,(H2,16,17,18,19). The maximum atomic E-state index is 4.44. The van der Waals surface area contributed by atoms with Crippen LogP contribution < -0.4 is 10.6 Å². The maximum Gasteiger partial charge on any atom is 0.132 e. The monoisotopic (exact) mass is 264 g/mol. The van der Waals surface area contributed by atoms with Gasteiger partial charge in [0.25, 0.3) is 0 Å². The lowest BCUT2D eigenvalue weighted by atomic mass is 10.1. The number of unbranched alkanes of at least 4 members (excludes halogenated alkanes) is 3. The van der Waals surface area contributed by atoms with Crippen molar-refractivity contribution in [3.63, 3.8) is 0 Å². The zero-order valence-corrected chi connectivity index (χ0v) is 12.8. The van der Waals surface area contributed by atoms with Crippen LogP contribution in [-0.4, -0.2) is 22.6 Å². The molecule has 0 bridgehead atoms. The smallest absolute Gasteiger partial charge is 0.132 e. The molecule has 0 radical (unpaired) electrons. The Morgan fingerprint density at radius 3 is 2.53 bits per heavy atom. The molecule has 1 unspecified atom stereocenters. The van der Waals surface area contributed by atoms with E-state index in [1.165, 1.54) is 32.1 Å². The van der Waals surface area contributed by atoms with Crippen molar-refractivity contribution in [2.75, 3.05) is 17.2 Å². The van der Waals surface area contributed by atoms with Gasteiger partial charge in [0.05, 0.1) is 0 Å². The molecular formula is C15H28N4. The molecule has 0 aliphatic carbocycles. The van der Waals surface area contributed by atoms with Crippen LogP contribution in [0.5, 0.6) is 0 Å². The highest BCUT2D eigenvalue weighted by molar-refractivity contribution is 5.47. The van der Waals surface area contributed by atoms with Crippen molar-refractivity contribution >= 4 is 11.6 Å². The molecule has 1 atom stereocenters. The Bertz CT molecular complexity index is 365. The number of anilines is 2. The van der Waals surface area contributed by atoms with Crippen molar-refractivity contribution in [1.29, 1.82) is 0 Å². The summed E-state index contributed by atoms with van der Waals surface area (Å²) in [4.78, 5) is 8.79. The Morgan fingerprint density at radius 2 is 1.84 bits per heavy atom. The van der Waals surface area contributed by atoms with Crippen molar-refractivity contribution in [1.82, 2.24) is 9.97 Å². The Balaban J connectivity index is 2.46. The minimum atomic E-state index is 0.459. The Kier molecular flexibility index (Phi) is 7.23. The first-order valence-corrected chi connectivity index (χ1v) is 7.51. The van der Waals surface area contributed by atoms with Gasteiger partial charge < -0.3 is 10.6 Å². The van der Waals surface area contributed by atoms with Crippen LogP contribution in [0, 0.1) is 6.92 Å². The predicted octanol–water partition coefficient (Wildman–Crippen LogP) is 3.99. The van der Waals surface area contributed by atoms with Crippen LogP contribution in [0.2, 0.25) is 0 Å². The molecule has 2 N–H and O–H groups in total. The molecule has 0 fully saturated rings. The van der Waals surface area contributed by atoms with E-state index in [0.717, 1.165) is 24.0 Å². The molecule has 4 heteroatoms. The lowest BCUT2D eigenvalue weighted by molar-refractivity contribution is 0.593. The lowest BCUT2D eigenvalue weighted by Gasteiger charge is -2.15. The van der Waals surface area contributed by atoms with Crippen LogP contribution in [0.3, 0.4) is 0 Å². The quantitative estimate of drug-likeness (QED) is 0.662. The molecule has 0 amide bonds. The van der Waals surface area contributed by atoms with Gasteiger partial charge in [-0.05, 0) is 27.2 Å². The van der Waals surface area contributed by atoms with Gasteiger partial charge >= 0.3 is 0 Å². The molecule has 0 aliphatic heterocycles. The van der Waals surface area contributed by atoms with Gasteiger partial charge in [0.15, 0.2) is 0 Å². The van der Waals surface area contributed by atoms with E-state index in [1.807, 2.05) is 13.0 Å². The van der Waals surface area contributed by atoms with Gasteiger partial charge in [0, 0.05) is 18.7 Å². The summed E-state index contributed by atoms with van der Waals surface area (Å²) in [6.07, 6.45) is 6.43. The molecule has 0 aromatic carbocycles. The molecule has 1 heterocycles. The maximum absolute atomic E-state index is 4.44. The van der Waals surface area contributed by atoms with E-state index in [9.17, 15) is 0 Å². The van der Waals surface area contributed by atoms with Crippen LogP contribution in [-0.2, 0) is 0 Å². The third kappa shape index (κ3) is 6.41. The first-order valence-electron chi connectivity index (χ1n) is 7.51. The summed E-state index contributed by atoms with van der Waals surface area (Å²) in [7, 11) is 0. The molecule has 0 saturated carbocycles. The van der Waals surface area contributed by atoms with Gasteiger partial charge in [0.2, 0.25) is 0 Å². The first-order chi connectivity index (χ1) is 9.15. The van der Waals surface area contributed by atoms with Gasteiger partial charge in [-0.15, -0.1) is 0 Å². The molecule has 0 saturated heterocycles. The summed E-state index contributed by atoms with van der Waals surface area (Å²) in [6, 6.07) is 2.44. The number of nitrogens with one attached hydrogen (secondary N) is 2. The number of aryl methyl sites for hydroxylation is 1. The second-order valence-corrected chi connectivity index (χ2v) is 5.11. The Morgan fingerprint density at radius 1 is 1.11 bits per heavy atom. The summed E-state index contributed by atoms with van der Waals surface area (Å²) >= 11 is 0. The first kappa shape index (κ1) is 15.7. The molecule has 1 aromatic rings. The average Bonchev–Trinajstić information content (AvgIpc) is 2.34. The highest BCUT2D eigenvalue weighted by Gasteiger charge is 2.05. The minimum Gasteiger partial charge on any atom is -0.370 e. The number of hydrogen-bond acceptors (Lipinski definition) is 4. The van der Waals surface area contributed by atoms with E-state index in [-0.39, 0.29) is 0 Å². The highest BCUT2D eigenvalue weighted by atomic mass is 15.1. The van der Waals surface area contributed by atoms with Crippen molar-refractivity contribution in [2.45, 2.75) is 65.8 Å². The normalized spacial score (nSPS) is 12.2. The minimum absolute atomic E-state index is 0.459. The van der Waals surface area contributed by atoms with Crippen molar-refractivity contribution in [3.05, 3.63) is 11.9 Å². The second-order valence-electron chi connectivity index (χ2n) is 5.11. The van der Waals surface area contributed by atoms with E-state index in [4.69, 9.17) is 0 Å². The van der Waals surface area contributed by atoms with Gasteiger partial charge in [-0.25, -0.2) is 9.97 Å². The van der Waals surface area contributed by atoms with Gasteiger partial charge in [-0.1, -0.05) is 32.6 Å². The Hall–Kier alpha value is -1.32. The summed E-state index contributed by atoms with van der Waals surface area (Å²) in [5, 5.41) is 6.70. The third-order valence-electron chi connectivity index (χ3n) is 3.08.